The average molecular weight is 138 g/mol. The molecule has 0 bridgehead atoms. The fourth-order valence-corrected chi connectivity index (χ4v) is 0.818. The first-order valence-electron chi connectivity index (χ1n) is 3.02. The zero-order chi connectivity index (χ0) is 6.81. The predicted octanol–water partition coefficient (Wildman–Crippen LogP) is -0.324. The minimum atomic E-state index is 0.667. The molecule has 2 rings (SSSR count). The monoisotopic (exact) mass is 138 g/mol. The molecule has 0 aliphatic carbocycles. The van der Waals surface area contributed by atoms with Gasteiger partial charge in [0.15, 0.2) is 11.6 Å². The minimum absolute atomic E-state index is 0.667. The second-order valence-electron chi connectivity index (χ2n) is 1.92. The molecule has 0 saturated carbocycles. The molecule has 1 aromatic heterocycles. The van der Waals surface area contributed by atoms with Crippen LogP contribution in [0.15, 0.2) is 6.20 Å². The van der Waals surface area contributed by atoms with Gasteiger partial charge in [0.2, 0.25) is 0 Å². The summed E-state index contributed by atoms with van der Waals surface area (Å²) in [6.07, 6.45) is 1.55. The van der Waals surface area contributed by atoms with Crippen LogP contribution in [0.4, 0.5) is 5.82 Å². The van der Waals surface area contributed by atoms with Crippen LogP contribution in [0.25, 0.3) is 0 Å². The first kappa shape index (κ1) is 5.40. The number of ether oxygens (including phenoxy) is 1. The van der Waals surface area contributed by atoms with Crippen LogP contribution in [0.1, 0.15) is 0 Å². The Balaban J connectivity index is 2.41. The normalized spacial score (nSPS) is 14.8. The summed E-state index contributed by atoms with van der Waals surface area (Å²) < 4.78 is 5.20. The Kier molecular flexibility index (Phi) is 1.13. The maximum atomic E-state index is 5.20. The highest BCUT2D eigenvalue weighted by molar-refractivity contribution is 5.48. The number of hydrogen-bond donors (Lipinski definition) is 1. The Labute approximate surface area is 57.4 Å². The Morgan fingerprint density at radius 2 is 2.60 bits per heavy atom. The molecule has 2 heterocycles. The number of fused-ring (bicyclic) bond motifs is 1. The molecule has 10 heavy (non-hydrogen) atoms. The number of rotatable bonds is 0. The number of anilines is 1. The molecule has 1 aliphatic rings. The third kappa shape index (κ3) is 0.754. The van der Waals surface area contributed by atoms with Crippen molar-refractivity contribution in [2.45, 2.75) is 0 Å². The molecule has 0 saturated heterocycles. The van der Waals surface area contributed by atoms with Crippen molar-refractivity contribution in [2.24, 2.45) is 0 Å². The maximum Gasteiger partial charge on any atom is 0.194 e. The summed E-state index contributed by atoms with van der Waals surface area (Å²) in [7, 11) is 0. The van der Waals surface area contributed by atoms with Gasteiger partial charge in [0.1, 0.15) is 6.61 Å². The summed E-state index contributed by atoms with van der Waals surface area (Å²) in [4.78, 5) is 0. The number of nitrogens with zero attached hydrogens (tertiary/aromatic N) is 3. The summed E-state index contributed by atoms with van der Waals surface area (Å²) >= 11 is 0. The van der Waals surface area contributed by atoms with Gasteiger partial charge in [0, 0.05) is 0 Å². The third-order valence-corrected chi connectivity index (χ3v) is 1.26. The fourth-order valence-electron chi connectivity index (χ4n) is 0.818. The largest absolute Gasteiger partial charge is 0.486 e. The molecule has 1 N–H and O–H groups in total. The highest BCUT2D eigenvalue weighted by Crippen LogP contribution is 2.20. The van der Waals surface area contributed by atoms with E-state index in [2.05, 4.69) is 20.7 Å². The molecule has 0 aromatic carbocycles. The molecule has 0 atom stereocenters. The number of nitrogens with one attached hydrogen (secondary N) is 1. The van der Waals surface area contributed by atoms with E-state index >= 15 is 0 Å². The molecule has 0 amide bonds. The Bertz CT molecular complexity index is 214. The molecule has 5 heteroatoms. The molecule has 1 aliphatic heterocycles. The zero-order valence-corrected chi connectivity index (χ0v) is 5.24. The van der Waals surface area contributed by atoms with Gasteiger partial charge in [-0.1, -0.05) is 0 Å². The van der Waals surface area contributed by atoms with E-state index < -0.39 is 0 Å². The summed E-state index contributed by atoms with van der Waals surface area (Å²) in [5.74, 6) is 1.36. The quantitative estimate of drug-likeness (QED) is 0.532. The number of aromatic nitrogens is 3. The fraction of sp³-hybridized carbons (Fsp3) is 0.400. The summed E-state index contributed by atoms with van der Waals surface area (Å²) in [5.41, 5.74) is 0. The highest BCUT2D eigenvalue weighted by Gasteiger charge is 2.09. The molecule has 1 aromatic rings. The van der Waals surface area contributed by atoms with Crippen LogP contribution < -0.4 is 10.1 Å². The van der Waals surface area contributed by atoms with Crippen LogP contribution >= 0.6 is 0 Å². The smallest absolute Gasteiger partial charge is 0.194 e. The zero-order valence-electron chi connectivity index (χ0n) is 5.24. The van der Waals surface area contributed by atoms with E-state index in [0.717, 1.165) is 6.54 Å². The van der Waals surface area contributed by atoms with Crippen molar-refractivity contribution >= 4 is 5.82 Å². The molecule has 0 fully saturated rings. The van der Waals surface area contributed by atoms with E-state index in [-0.39, 0.29) is 0 Å². The van der Waals surface area contributed by atoms with Crippen molar-refractivity contribution in [3.8, 4) is 5.75 Å². The Hall–Kier alpha value is -1.39. The highest BCUT2D eigenvalue weighted by atomic mass is 16.5. The molecule has 0 unspecified atom stereocenters. The lowest BCUT2D eigenvalue weighted by molar-refractivity contribution is 0.318. The van der Waals surface area contributed by atoms with Crippen molar-refractivity contribution in [1.29, 1.82) is 0 Å². The van der Waals surface area contributed by atoms with Crippen molar-refractivity contribution in [1.82, 2.24) is 15.4 Å². The molecule has 52 valence electrons. The predicted molar refractivity (Wildman–Crippen MR) is 33.8 cm³/mol. The van der Waals surface area contributed by atoms with Gasteiger partial charge in [-0.05, 0) is 5.21 Å². The van der Waals surface area contributed by atoms with Crippen LogP contribution in [-0.2, 0) is 0 Å². The third-order valence-electron chi connectivity index (χ3n) is 1.26. The van der Waals surface area contributed by atoms with Crippen LogP contribution in [0.3, 0.4) is 0 Å². The maximum absolute atomic E-state index is 5.20. The van der Waals surface area contributed by atoms with E-state index in [0.29, 0.717) is 18.2 Å². The van der Waals surface area contributed by atoms with E-state index in [9.17, 15) is 0 Å². The Morgan fingerprint density at radius 1 is 1.60 bits per heavy atom. The van der Waals surface area contributed by atoms with Gasteiger partial charge < -0.3 is 10.1 Å². The van der Waals surface area contributed by atoms with Gasteiger partial charge in [-0.3, -0.25) is 0 Å². The van der Waals surface area contributed by atoms with Crippen molar-refractivity contribution in [3.05, 3.63) is 6.20 Å². The van der Waals surface area contributed by atoms with Gasteiger partial charge in [-0.25, -0.2) is 0 Å². The van der Waals surface area contributed by atoms with Crippen LogP contribution in [0.5, 0.6) is 5.75 Å². The summed E-state index contributed by atoms with van der Waals surface area (Å²) in [5, 5.41) is 13.8. The van der Waals surface area contributed by atoms with E-state index in [4.69, 9.17) is 4.74 Å². The van der Waals surface area contributed by atoms with Gasteiger partial charge in [0.25, 0.3) is 0 Å². The summed E-state index contributed by atoms with van der Waals surface area (Å²) in [6, 6.07) is 0. The average Bonchev–Trinajstić information content (AvgIpc) is 2.05. The topological polar surface area (TPSA) is 59.9 Å². The van der Waals surface area contributed by atoms with Gasteiger partial charge in [-0.15, -0.1) is 10.2 Å². The van der Waals surface area contributed by atoms with Crippen molar-refractivity contribution < 1.29 is 4.74 Å². The lowest BCUT2D eigenvalue weighted by Crippen LogP contribution is -2.19. The Morgan fingerprint density at radius 3 is 3.50 bits per heavy atom. The lowest BCUT2D eigenvalue weighted by atomic mass is 10.4. The van der Waals surface area contributed by atoms with Crippen LogP contribution in [-0.4, -0.2) is 28.6 Å². The van der Waals surface area contributed by atoms with E-state index in [1.165, 1.54) is 0 Å². The van der Waals surface area contributed by atoms with Crippen molar-refractivity contribution in [2.75, 3.05) is 18.5 Å². The lowest BCUT2D eigenvalue weighted by Gasteiger charge is -2.15. The molecular weight excluding hydrogens is 132 g/mol. The van der Waals surface area contributed by atoms with Gasteiger partial charge in [-0.2, -0.15) is 0 Å². The van der Waals surface area contributed by atoms with Crippen molar-refractivity contribution in [3.63, 3.8) is 0 Å². The van der Waals surface area contributed by atoms with E-state index in [1.54, 1.807) is 6.20 Å². The standard InChI is InChI=1S/C5H6N4O/c1-2-10-4-3-7-9-8-5(4)6-1/h3H,1-2H2,(H,6,7,8). The molecule has 0 radical (unpaired) electrons. The molecular formula is C5H6N4O. The van der Waals surface area contributed by atoms with E-state index in [1.807, 2.05) is 0 Å². The second kappa shape index (κ2) is 2.09. The first-order chi connectivity index (χ1) is 4.97. The summed E-state index contributed by atoms with van der Waals surface area (Å²) in [6.45, 7) is 1.45. The van der Waals surface area contributed by atoms with Gasteiger partial charge >= 0.3 is 0 Å². The molecule has 5 nitrogen and oxygen atoms in total. The second-order valence-corrected chi connectivity index (χ2v) is 1.92. The van der Waals surface area contributed by atoms with Crippen LogP contribution in [0.2, 0.25) is 0 Å². The molecule has 0 spiro atoms. The van der Waals surface area contributed by atoms with Gasteiger partial charge in [0.05, 0.1) is 12.7 Å². The van der Waals surface area contributed by atoms with Crippen LogP contribution in [0, 0.1) is 0 Å². The SMILES string of the molecule is c1nnnc2c1OCCN2. The first-order valence-corrected chi connectivity index (χ1v) is 3.02. The minimum Gasteiger partial charge on any atom is -0.486 e. The number of hydrogen-bond acceptors (Lipinski definition) is 5.